The van der Waals surface area contributed by atoms with Gasteiger partial charge in [-0.1, -0.05) is 12.1 Å². The zero-order valence-corrected chi connectivity index (χ0v) is 12.1. The summed E-state index contributed by atoms with van der Waals surface area (Å²) in [6.45, 7) is 1.88. The molecule has 1 saturated carbocycles. The molecule has 0 amide bonds. The third-order valence-corrected chi connectivity index (χ3v) is 4.23. The van der Waals surface area contributed by atoms with Crippen LogP contribution in [0.5, 0.6) is 0 Å². The molecule has 5 nitrogen and oxygen atoms in total. The van der Waals surface area contributed by atoms with Crippen LogP contribution in [0.2, 0.25) is 0 Å². The maximum atomic E-state index is 6.13. The van der Waals surface area contributed by atoms with Crippen molar-refractivity contribution in [2.75, 3.05) is 23.3 Å². The molecule has 2 aromatic rings. The quantitative estimate of drug-likeness (QED) is 0.903. The highest BCUT2D eigenvalue weighted by Crippen LogP contribution is 2.31. The van der Waals surface area contributed by atoms with Gasteiger partial charge < -0.3 is 16.0 Å². The summed E-state index contributed by atoms with van der Waals surface area (Å²) in [5, 5.41) is 3.53. The number of benzene rings is 1. The SMILES string of the molecule is N[C@@H]1CCCN(c2nc3ccccc3nc2NC2CC2)C1. The topological polar surface area (TPSA) is 67.1 Å². The molecular weight excluding hydrogens is 262 g/mol. The Balaban J connectivity index is 1.76. The van der Waals surface area contributed by atoms with E-state index in [-0.39, 0.29) is 6.04 Å². The van der Waals surface area contributed by atoms with Crippen molar-refractivity contribution in [3.05, 3.63) is 24.3 Å². The summed E-state index contributed by atoms with van der Waals surface area (Å²) in [5.74, 6) is 1.89. The standard InChI is InChI=1S/C16H21N5/c17-11-4-3-9-21(10-11)16-15(18-12-7-8-12)19-13-5-1-2-6-14(13)20-16/h1-2,5-6,11-12H,3-4,7-10,17H2,(H,18,19)/t11-/m1/s1. The average Bonchev–Trinajstić information content (AvgIpc) is 3.30. The van der Waals surface area contributed by atoms with Crippen molar-refractivity contribution in [1.29, 1.82) is 0 Å². The van der Waals surface area contributed by atoms with Gasteiger partial charge in [0.25, 0.3) is 0 Å². The second kappa shape index (κ2) is 5.15. The molecule has 2 heterocycles. The first-order valence-corrected chi connectivity index (χ1v) is 7.83. The number of hydrogen-bond acceptors (Lipinski definition) is 5. The van der Waals surface area contributed by atoms with Gasteiger partial charge in [0.2, 0.25) is 0 Å². The zero-order chi connectivity index (χ0) is 14.2. The van der Waals surface area contributed by atoms with Crippen LogP contribution in [0.4, 0.5) is 11.6 Å². The second-order valence-corrected chi connectivity index (χ2v) is 6.15. The molecule has 4 rings (SSSR count). The molecule has 5 heteroatoms. The van der Waals surface area contributed by atoms with Gasteiger partial charge in [-0.15, -0.1) is 0 Å². The highest BCUT2D eigenvalue weighted by Gasteiger charge is 2.26. The smallest absolute Gasteiger partial charge is 0.172 e. The summed E-state index contributed by atoms with van der Waals surface area (Å²) in [7, 11) is 0. The molecule has 21 heavy (non-hydrogen) atoms. The Hall–Kier alpha value is -1.88. The van der Waals surface area contributed by atoms with Gasteiger partial charge in [0, 0.05) is 25.2 Å². The summed E-state index contributed by atoms with van der Waals surface area (Å²) in [6.07, 6.45) is 4.68. The molecule has 1 saturated heterocycles. The van der Waals surface area contributed by atoms with Crippen LogP contribution in [0, 0.1) is 0 Å². The summed E-state index contributed by atoms with van der Waals surface area (Å²) >= 11 is 0. The van der Waals surface area contributed by atoms with Crippen molar-refractivity contribution >= 4 is 22.7 Å². The molecule has 2 aliphatic rings. The van der Waals surface area contributed by atoms with Gasteiger partial charge in [-0.3, -0.25) is 0 Å². The minimum Gasteiger partial charge on any atom is -0.364 e. The lowest BCUT2D eigenvalue weighted by Gasteiger charge is -2.32. The maximum Gasteiger partial charge on any atom is 0.172 e. The summed E-state index contributed by atoms with van der Waals surface area (Å²) in [6, 6.07) is 8.87. The third kappa shape index (κ3) is 2.65. The van der Waals surface area contributed by atoms with E-state index in [1.807, 2.05) is 24.3 Å². The van der Waals surface area contributed by atoms with Crippen LogP contribution in [0.15, 0.2) is 24.3 Å². The van der Waals surface area contributed by atoms with Crippen molar-refractivity contribution < 1.29 is 0 Å². The molecular formula is C16H21N5. The minimum atomic E-state index is 0.237. The Kier molecular flexibility index (Phi) is 3.15. The van der Waals surface area contributed by atoms with Crippen LogP contribution in [-0.2, 0) is 0 Å². The Morgan fingerprint density at radius 2 is 1.86 bits per heavy atom. The van der Waals surface area contributed by atoms with Crippen LogP contribution < -0.4 is 16.0 Å². The van der Waals surface area contributed by atoms with E-state index in [0.29, 0.717) is 6.04 Å². The number of para-hydroxylation sites is 2. The molecule has 1 aromatic heterocycles. The first kappa shape index (κ1) is 12.8. The number of anilines is 2. The molecule has 1 aliphatic carbocycles. The van der Waals surface area contributed by atoms with Crippen molar-refractivity contribution in [2.45, 2.75) is 37.8 Å². The molecule has 1 aliphatic heterocycles. The molecule has 0 bridgehead atoms. The van der Waals surface area contributed by atoms with Crippen LogP contribution >= 0.6 is 0 Å². The number of piperidine rings is 1. The van der Waals surface area contributed by atoms with Crippen molar-refractivity contribution in [3.63, 3.8) is 0 Å². The van der Waals surface area contributed by atoms with Gasteiger partial charge in [0.05, 0.1) is 11.0 Å². The maximum absolute atomic E-state index is 6.13. The first-order chi connectivity index (χ1) is 10.3. The number of nitrogens with two attached hydrogens (primary N) is 1. The molecule has 0 radical (unpaired) electrons. The van der Waals surface area contributed by atoms with Gasteiger partial charge in [-0.25, -0.2) is 9.97 Å². The van der Waals surface area contributed by atoms with Crippen LogP contribution in [0.1, 0.15) is 25.7 Å². The summed E-state index contributed by atoms with van der Waals surface area (Å²) < 4.78 is 0. The average molecular weight is 283 g/mol. The Labute approximate surface area is 124 Å². The van der Waals surface area contributed by atoms with E-state index in [9.17, 15) is 0 Å². The van der Waals surface area contributed by atoms with Gasteiger partial charge >= 0.3 is 0 Å². The van der Waals surface area contributed by atoms with E-state index < -0.39 is 0 Å². The lowest BCUT2D eigenvalue weighted by Crippen LogP contribution is -2.43. The van der Waals surface area contributed by atoms with Gasteiger partial charge in [0.1, 0.15) is 0 Å². The van der Waals surface area contributed by atoms with Gasteiger partial charge in [-0.2, -0.15) is 0 Å². The van der Waals surface area contributed by atoms with Crippen molar-refractivity contribution in [1.82, 2.24) is 9.97 Å². The van der Waals surface area contributed by atoms with Crippen LogP contribution in [0.3, 0.4) is 0 Å². The van der Waals surface area contributed by atoms with Crippen LogP contribution in [0.25, 0.3) is 11.0 Å². The Morgan fingerprint density at radius 1 is 1.10 bits per heavy atom. The fraction of sp³-hybridized carbons (Fsp3) is 0.500. The van der Waals surface area contributed by atoms with E-state index in [4.69, 9.17) is 15.7 Å². The normalized spacial score (nSPS) is 22.5. The highest BCUT2D eigenvalue weighted by molar-refractivity contribution is 5.80. The lowest BCUT2D eigenvalue weighted by molar-refractivity contribution is 0.503. The summed E-state index contributed by atoms with van der Waals surface area (Å²) in [4.78, 5) is 11.9. The number of fused-ring (bicyclic) bond motifs is 1. The molecule has 1 aromatic carbocycles. The minimum absolute atomic E-state index is 0.237. The highest BCUT2D eigenvalue weighted by atomic mass is 15.2. The number of nitrogens with one attached hydrogen (secondary N) is 1. The first-order valence-electron chi connectivity index (χ1n) is 7.83. The number of rotatable bonds is 3. The predicted molar refractivity (Wildman–Crippen MR) is 85.6 cm³/mol. The molecule has 0 unspecified atom stereocenters. The van der Waals surface area contributed by atoms with Crippen molar-refractivity contribution in [2.24, 2.45) is 5.73 Å². The van der Waals surface area contributed by atoms with E-state index in [1.54, 1.807) is 0 Å². The van der Waals surface area contributed by atoms with Gasteiger partial charge in [-0.05, 0) is 37.8 Å². The Bertz CT molecular complexity index is 652. The fourth-order valence-electron chi connectivity index (χ4n) is 2.93. The van der Waals surface area contributed by atoms with E-state index in [1.165, 1.54) is 12.8 Å². The molecule has 0 spiro atoms. The molecule has 110 valence electrons. The summed E-state index contributed by atoms with van der Waals surface area (Å²) in [5.41, 5.74) is 8.03. The monoisotopic (exact) mass is 283 g/mol. The molecule has 2 fully saturated rings. The van der Waals surface area contributed by atoms with E-state index >= 15 is 0 Å². The number of aromatic nitrogens is 2. The number of nitrogens with zero attached hydrogens (tertiary/aromatic N) is 3. The third-order valence-electron chi connectivity index (χ3n) is 4.23. The van der Waals surface area contributed by atoms with E-state index in [0.717, 1.165) is 48.6 Å². The number of hydrogen-bond donors (Lipinski definition) is 2. The second-order valence-electron chi connectivity index (χ2n) is 6.15. The Morgan fingerprint density at radius 3 is 2.57 bits per heavy atom. The zero-order valence-electron chi connectivity index (χ0n) is 12.1. The molecule has 3 N–H and O–H groups in total. The lowest BCUT2D eigenvalue weighted by atomic mass is 10.1. The van der Waals surface area contributed by atoms with Gasteiger partial charge in [0.15, 0.2) is 11.6 Å². The van der Waals surface area contributed by atoms with E-state index in [2.05, 4.69) is 10.2 Å². The van der Waals surface area contributed by atoms with Crippen LogP contribution in [-0.4, -0.2) is 35.1 Å². The predicted octanol–water partition coefficient (Wildman–Crippen LogP) is 2.13. The fourth-order valence-corrected chi connectivity index (χ4v) is 2.93. The molecule has 1 atom stereocenters. The van der Waals surface area contributed by atoms with Crippen molar-refractivity contribution in [3.8, 4) is 0 Å². The largest absolute Gasteiger partial charge is 0.364 e.